The molecular formula is C15H12BrN3O4S2. The number of carbonyl (C=O) groups is 1. The van der Waals surface area contributed by atoms with Crippen molar-refractivity contribution in [2.45, 2.75) is 11.1 Å². The van der Waals surface area contributed by atoms with Gasteiger partial charge in [0.1, 0.15) is 15.5 Å². The molecule has 130 valence electrons. The average molecular weight is 442 g/mol. The first-order chi connectivity index (χ1) is 11.8. The summed E-state index contributed by atoms with van der Waals surface area (Å²) in [6.45, 7) is 1.63. The molecule has 0 spiro atoms. The van der Waals surface area contributed by atoms with Gasteiger partial charge in [-0.2, -0.15) is 0 Å². The molecule has 2 heterocycles. The van der Waals surface area contributed by atoms with E-state index in [1.54, 1.807) is 31.2 Å². The Morgan fingerprint density at radius 2 is 2.00 bits per heavy atom. The second kappa shape index (κ2) is 6.98. The molecule has 0 aliphatic rings. The highest BCUT2D eigenvalue weighted by Crippen LogP contribution is 2.28. The molecule has 3 rings (SSSR count). The Hall–Kier alpha value is -2.17. The second-order valence-corrected chi connectivity index (χ2v) is 9.37. The van der Waals surface area contributed by atoms with E-state index in [1.807, 2.05) is 0 Å². The van der Waals surface area contributed by atoms with Crippen LogP contribution in [0.25, 0.3) is 0 Å². The van der Waals surface area contributed by atoms with Gasteiger partial charge in [0.2, 0.25) is 0 Å². The normalized spacial score (nSPS) is 11.3. The Balaban J connectivity index is 1.78. The second-order valence-electron chi connectivity index (χ2n) is 4.99. The number of anilines is 2. The molecule has 0 saturated carbocycles. The van der Waals surface area contributed by atoms with E-state index in [-0.39, 0.29) is 10.1 Å². The van der Waals surface area contributed by atoms with Crippen molar-refractivity contribution in [1.29, 1.82) is 0 Å². The largest absolute Gasteiger partial charge is 0.361 e. The third-order valence-electron chi connectivity index (χ3n) is 3.18. The highest BCUT2D eigenvalue weighted by Gasteiger charge is 2.17. The van der Waals surface area contributed by atoms with Crippen LogP contribution < -0.4 is 10.0 Å². The van der Waals surface area contributed by atoms with Crippen LogP contribution in [0.5, 0.6) is 0 Å². The van der Waals surface area contributed by atoms with E-state index in [0.29, 0.717) is 22.7 Å². The van der Waals surface area contributed by atoms with Crippen molar-refractivity contribution in [3.63, 3.8) is 0 Å². The lowest BCUT2D eigenvalue weighted by atomic mass is 10.2. The lowest BCUT2D eigenvalue weighted by Crippen LogP contribution is -2.14. The minimum Gasteiger partial charge on any atom is -0.361 e. The number of thiophene rings is 1. The van der Waals surface area contributed by atoms with E-state index >= 15 is 0 Å². The number of aryl methyl sites for hydroxylation is 1. The highest BCUT2D eigenvalue weighted by molar-refractivity contribution is 9.11. The van der Waals surface area contributed by atoms with Gasteiger partial charge in [-0.25, -0.2) is 8.42 Å². The predicted molar refractivity (Wildman–Crippen MR) is 98.5 cm³/mol. The Bertz CT molecular complexity index is 1030. The van der Waals surface area contributed by atoms with Gasteiger partial charge in [0.25, 0.3) is 15.9 Å². The molecule has 3 aromatic rings. The van der Waals surface area contributed by atoms with Gasteiger partial charge in [-0.15, -0.1) is 11.3 Å². The van der Waals surface area contributed by atoms with Crippen LogP contribution >= 0.6 is 27.3 Å². The number of benzene rings is 1. The average Bonchev–Trinajstić information content (AvgIpc) is 3.16. The topological polar surface area (TPSA) is 101 Å². The number of carbonyl (C=O) groups excluding carboxylic acids is 1. The van der Waals surface area contributed by atoms with E-state index in [0.717, 1.165) is 15.1 Å². The number of rotatable bonds is 5. The summed E-state index contributed by atoms with van der Waals surface area (Å²) in [4.78, 5) is 12.2. The monoisotopic (exact) mass is 441 g/mol. The number of hydrogen-bond acceptors (Lipinski definition) is 6. The van der Waals surface area contributed by atoms with Crippen LogP contribution in [0.15, 0.2) is 55.1 Å². The molecule has 0 aliphatic heterocycles. The molecule has 0 saturated heterocycles. The Labute approximate surface area is 156 Å². The summed E-state index contributed by atoms with van der Waals surface area (Å²) >= 11 is 4.35. The molecule has 1 amide bonds. The lowest BCUT2D eigenvalue weighted by Gasteiger charge is -2.09. The summed E-state index contributed by atoms with van der Waals surface area (Å²) in [7, 11) is -3.69. The number of nitrogens with zero attached hydrogens (tertiary/aromatic N) is 1. The third-order valence-corrected chi connectivity index (χ3v) is 6.68. The first-order valence-corrected chi connectivity index (χ1v) is 10.1. The maximum Gasteiger partial charge on any atom is 0.271 e. The smallest absolute Gasteiger partial charge is 0.271 e. The van der Waals surface area contributed by atoms with Gasteiger partial charge in [-0.05, 0) is 53.2 Å². The Morgan fingerprint density at radius 1 is 1.24 bits per heavy atom. The van der Waals surface area contributed by atoms with E-state index in [1.165, 1.54) is 18.3 Å². The van der Waals surface area contributed by atoms with Gasteiger partial charge in [0.05, 0.1) is 15.7 Å². The first kappa shape index (κ1) is 17.6. The van der Waals surface area contributed by atoms with Crippen LogP contribution in [-0.2, 0) is 10.0 Å². The van der Waals surface area contributed by atoms with Crippen LogP contribution in [0, 0.1) is 6.92 Å². The van der Waals surface area contributed by atoms with E-state index in [2.05, 4.69) is 31.1 Å². The number of hydrogen-bond donors (Lipinski definition) is 2. The van der Waals surface area contributed by atoms with Crippen molar-refractivity contribution >= 4 is 54.6 Å². The van der Waals surface area contributed by atoms with Gasteiger partial charge in [0, 0.05) is 5.69 Å². The number of halogens is 1. The molecule has 1 aromatic carbocycles. The highest BCUT2D eigenvalue weighted by atomic mass is 79.9. The van der Waals surface area contributed by atoms with Crippen LogP contribution in [0.1, 0.15) is 16.1 Å². The van der Waals surface area contributed by atoms with Gasteiger partial charge >= 0.3 is 0 Å². The minimum atomic E-state index is -3.69. The van der Waals surface area contributed by atoms with Gasteiger partial charge in [0.15, 0.2) is 0 Å². The summed E-state index contributed by atoms with van der Waals surface area (Å²) in [5.74, 6) is 0.0126. The Morgan fingerprint density at radius 3 is 2.64 bits per heavy atom. The van der Waals surface area contributed by atoms with Crippen LogP contribution in [-0.4, -0.2) is 19.5 Å². The molecule has 0 fully saturated rings. The van der Waals surface area contributed by atoms with E-state index in [9.17, 15) is 13.2 Å². The zero-order valence-electron chi connectivity index (χ0n) is 12.8. The van der Waals surface area contributed by atoms with Gasteiger partial charge in [-0.3, -0.25) is 9.52 Å². The molecule has 0 bridgehead atoms. The van der Waals surface area contributed by atoms with Crippen molar-refractivity contribution in [2.75, 3.05) is 10.0 Å². The van der Waals surface area contributed by atoms with Crippen molar-refractivity contribution < 1.29 is 17.7 Å². The molecule has 7 nitrogen and oxygen atoms in total. The number of amides is 1. The third kappa shape index (κ3) is 4.09. The molecule has 0 aliphatic carbocycles. The van der Waals surface area contributed by atoms with Crippen LogP contribution in [0.3, 0.4) is 0 Å². The molecular weight excluding hydrogens is 430 g/mol. The number of nitrogens with one attached hydrogen (secondary N) is 2. The maximum absolute atomic E-state index is 12.4. The standard InChI is InChI=1S/C15H12BrN3O4S2/c1-9-12(8-17-23-9)15(20)18-10-3-2-4-11(7-10)19-25(21,22)14-6-5-13(16)24-14/h2-8,19H,1H3,(H,18,20). The maximum atomic E-state index is 12.4. The lowest BCUT2D eigenvalue weighted by molar-refractivity contribution is 0.102. The van der Waals surface area contributed by atoms with E-state index in [4.69, 9.17) is 4.52 Å². The summed E-state index contributed by atoms with van der Waals surface area (Å²) in [6.07, 6.45) is 1.33. The number of aromatic nitrogens is 1. The molecule has 0 atom stereocenters. The first-order valence-electron chi connectivity index (χ1n) is 6.96. The zero-order chi connectivity index (χ0) is 18.0. The summed E-state index contributed by atoms with van der Waals surface area (Å²) < 4.78 is 33.0. The number of sulfonamides is 1. The Kier molecular flexibility index (Phi) is 4.93. The van der Waals surface area contributed by atoms with Gasteiger partial charge < -0.3 is 9.84 Å². The van der Waals surface area contributed by atoms with Crippen LogP contribution in [0.4, 0.5) is 11.4 Å². The zero-order valence-corrected chi connectivity index (χ0v) is 16.0. The fourth-order valence-electron chi connectivity index (χ4n) is 2.02. The fraction of sp³-hybridized carbons (Fsp3) is 0.0667. The van der Waals surface area contributed by atoms with Crippen molar-refractivity contribution in [3.8, 4) is 0 Å². The summed E-state index contributed by atoms with van der Waals surface area (Å²) in [5, 5.41) is 6.23. The van der Waals surface area contributed by atoms with Crippen LogP contribution in [0.2, 0.25) is 0 Å². The molecule has 25 heavy (non-hydrogen) atoms. The minimum absolute atomic E-state index is 0.189. The quantitative estimate of drug-likeness (QED) is 0.625. The fourth-order valence-corrected chi connectivity index (χ4v) is 5.08. The van der Waals surface area contributed by atoms with Crippen molar-refractivity contribution in [2.24, 2.45) is 0 Å². The van der Waals surface area contributed by atoms with Gasteiger partial charge in [-0.1, -0.05) is 11.2 Å². The van der Waals surface area contributed by atoms with Crippen molar-refractivity contribution in [3.05, 3.63) is 57.7 Å². The summed E-state index contributed by atoms with van der Waals surface area (Å²) in [5.41, 5.74) is 1.09. The molecule has 10 heteroatoms. The molecule has 0 unspecified atom stereocenters. The predicted octanol–water partition coefficient (Wildman–Crippen LogP) is 3.86. The molecule has 0 radical (unpaired) electrons. The molecule has 2 N–H and O–H groups in total. The van der Waals surface area contributed by atoms with E-state index < -0.39 is 10.0 Å². The molecule has 2 aromatic heterocycles. The SMILES string of the molecule is Cc1oncc1C(=O)Nc1cccc(NS(=O)(=O)c2ccc(Br)s2)c1. The summed E-state index contributed by atoms with van der Waals surface area (Å²) in [6, 6.07) is 9.59. The van der Waals surface area contributed by atoms with Crippen molar-refractivity contribution in [1.82, 2.24) is 5.16 Å².